The van der Waals surface area contributed by atoms with Crippen molar-refractivity contribution in [3.8, 4) is 33.6 Å². The van der Waals surface area contributed by atoms with Gasteiger partial charge in [-0.15, -0.1) is 11.3 Å². The van der Waals surface area contributed by atoms with E-state index in [-0.39, 0.29) is 23.4 Å². The van der Waals surface area contributed by atoms with Gasteiger partial charge in [0.1, 0.15) is 11.5 Å². The highest BCUT2D eigenvalue weighted by Gasteiger charge is 2.52. The summed E-state index contributed by atoms with van der Waals surface area (Å²) in [5.41, 5.74) is 16.3. The number of rotatable bonds is 4. The largest absolute Gasteiger partial charge is 0.454 e. The van der Waals surface area contributed by atoms with Crippen LogP contribution in [0.2, 0.25) is 0 Å². The van der Waals surface area contributed by atoms with Crippen LogP contribution in [-0.4, -0.2) is 0 Å². The van der Waals surface area contributed by atoms with Crippen molar-refractivity contribution in [3.05, 3.63) is 155 Å². The number of thiophene rings is 1. The lowest BCUT2D eigenvalue weighted by atomic mass is 9.76. The summed E-state index contributed by atoms with van der Waals surface area (Å²) in [6, 6.07) is 36.2. The van der Waals surface area contributed by atoms with Crippen LogP contribution in [0.25, 0.3) is 65.7 Å². The molecular weight excluding hydrogens is 653 g/mol. The Kier molecular flexibility index (Phi) is 6.85. The zero-order valence-corrected chi connectivity index (χ0v) is 31.2. The molecule has 6 heterocycles. The van der Waals surface area contributed by atoms with Crippen LogP contribution in [0.1, 0.15) is 66.6 Å². The van der Waals surface area contributed by atoms with Gasteiger partial charge in [-0.1, -0.05) is 75.9 Å². The molecular formula is C48H42N2OS+2. The molecule has 3 nitrogen and oxygen atoms in total. The molecule has 4 heteroatoms. The van der Waals surface area contributed by atoms with Crippen LogP contribution in [0, 0.1) is 19.3 Å². The van der Waals surface area contributed by atoms with E-state index in [1.165, 1.54) is 82.3 Å². The molecule has 0 amide bonds. The smallest absolute Gasteiger partial charge is 0.218 e. The van der Waals surface area contributed by atoms with E-state index in [0.29, 0.717) is 0 Å². The fourth-order valence-corrected chi connectivity index (χ4v) is 10.4. The molecule has 4 aromatic carbocycles. The number of furan rings is 1. The minimum atomic E-state index is 0.0140. The molecule has 4 aromatic heterocycles. The lowest BCUT2D eigenvalue weighted by molar-refractivity contribution is -0.739. The van der Waals surface area contributed by atoms with Crippen LogP contribution in [0.3, 0.4) is 0 Å². The maximum absolute atomic E-state index is 7.11. The molecule has 3 atom stereocenters. The SMILES string of the molecule is C=CC1C(C2c3ccc4c(oc5c4ccc4ccsc45)c3-c3cc(-c4c(C)cccc4C)c(CC(C)(C)C)c[n+]32)c2ccccc2-c2cccc[n+]21. The van der Waals surface area contributed by atoms with Gasteiger partial charge in [0.05, 0.1) is 15.8 Å². The summed E-state index contributed by atoms with van der Waals surface area (Å²) in [6.07, 6.45) is 7.86. The van der Waals surface area contributed by atoms with Crippen molar-refractivity contribution in [3.63, 3.8) is 0 Å². The highest BCUT2D eigenvalue weighted by Crippen LogP contribution is 2.53. The quantitative estimate of drug-likeness (QED) is 0.133. The maximum Gasteiger partial charge on any atom is 0.218 e. The van der Waals surface area contributed by atoms with Crippen LogP contribution >= 0.6 is 11.3 Å². The number of aryl methyl sites for hydroxylation is 2. The molecule has 10 rings (SSSR count). The molecule has 2 aliphatic rings. The summed E-state index contributed by atoms with van der Waals surface area (Å²) in [7, 11) is 0. The first-order valence-corrected chi connectivity index (χ1v) is 19.3. The normalized spacial score (nSPS) is 17.7. The zero-order chi connectivity index (χ0) is 35.5. The Hall–Kier alpha value is -5.32. The van der Waals surface area contributed by atoms with E-state index in [9.17, 15) is 0 Å². The number of nitrogens with zero attached hydrogens (tertiary/aromatic N) is 2. The van der Waals surface area contributed by atoms with E-state index in [1.54, 1.807) is 11.3 Å². The molecule has 0 radical (unpaired) electrons. The minimum absolute atomic E-state index is 0.0140. The summed E-state index contributed by atoms with van der Waals surface area (Å²) < 4.78 is 13.4. The third kappa shape index (κ3) is 4.50. The first-order chi connectivity index (χ1) is 25.2. The van der Waals surface area contributed by atoms with Gasteiger partial charge in [-0.2, -0.15) is 9.13 Å². The van der Waals surface area contributed by atoms with Crippen LogP contribution in [-0.2, 0) is 6.42 Å². The van der Waals surface area contributed by atoms with E-state index in [0.717, 1.165) is 17.6 Å². The Morgan fingerprint density at radius 3 is 2.33 bits per heavy atom. The second-order valence-corrected chi connectivity index (χ2v) is 17.0. The van der Waals surface area contributed by atoms with Gasteiger partial charge in [0.25, 0.3) is 0 Å². The molecule has 52 heavy (non-hydrogen) atoms. The Morgan fingerprint density at radius 2 is 1.52 bits per heavy atom. The second kappa shape index (κ2) is 11.3. The van der Waals surface area contributed by atoms with Crippen molar-refractivity contribution >= 4 is 43.4 Å². The lowest BCUT2D eigenvalue weighted by Gasteiger charge is -2.31. The summed E-state index contributed by atoms with van der Waals surface area (Å²) >= 11 is 1.76. The number of pyridine rings is 2. The molecule has 2 aliphatic heterocycles. The molecule has 0 spiro atoms. The van der Waals surface area contributed by atoms with Gasteiger partial charge in [0, 0.05) is 40.1 Å². The number of hydrogen-bond donors (Lipinski definition) is 0. The van der Waals surface area contributed by atoms with E-state index in [2.05, 4.69) is 171 Å². The zero-order valence-electron chi connectivity index (χ0n) is 30.4. The Balaban J connectivity index is 1.33. The minimum Gasteiger partial charge on any atom is -0.454 e. The number of aromatic nitrogens is 2. The van der Waals surface area contributed by atoms with Crippen molar-refractivity contribution in [1.82, 2.24) is 0 Å². The highest BCUT2D eigenvalue weighted by molar-refractivity contribution is 7.18. The fraction of sp³-hybridized carbons (Fsp3) is 0.208. The maximum atomic E-state index is 7.11. The number of benzene rings is 4. The fourth-order valence-electron chi connectivity index (χ4n) is 9.53. The average molecular weight is 695 g/mol. The van der Waals surface area contributed by atoms with Gasteiger partial charge in [0.2, 0.25) is 11.4 Å². The molecule has 0 fully saturated rings. The van der Waals surface area contributed by atoms with Crippen molar-refractivity contribution in [1.29, 1.82) is 0 Å². The van der Waals surface area contributed by atoms with Gasteiger partial charge in [-0.3, -0.25) is 0 Å². The van der Waals surface area contributed by atoms with Crippen molar-refractivity contribution in [2.75, 3.05) is 0 Å². The van der Waals surface area contributed by atoms with Crippen LogP contribution in [0.4, 0.5) is 0 Å². The third-order valence-corrected chi connectivity index (χ3v) is 12.5. The number of fused-ring (bicyclic) bond motifs is 12. The second-order valence-electron chi connectivity index (χ2n) is 16.1. The molecule has 0 N–H and O–H groups in total. The Bertz CT molecular complexity index is 2750. The predicted octanol–water partition coefficient (Wildman–Crippen LogP) is 12.0. The summed E-state index contributed by atoms with van der Waals surface area (Å²) in [5, 5.41) is 5.75. The first kappa shape index (κ1) is 31.4. The molecule has 0 saturated carbocycles. The van der Waals surface area contributed by atoms with Gasteiger partial charge in [-0.05, 0) is 101 Å². The van der Waals surface area contributed by atoms with E-state index in [4.69, 9.17) is 4.42 Å². The van der Waals surface area contributed by atoms with Gasteiger partial charge >= 0.3 is 0 Å². The van der Waals surface area contributed by atoms with Crippen LogP contribution in [0.5, 0.6) is 0 Å². The molecule has 0 bridgehead atoms. The van der Waals surface area contributed by atoms with Crippen molar-refractivity contribution in [2.45, 2.75) is 59.0 Å². The third-order valence-electron chi connectivity index (χ3n) is 11.6. The lowest BCUT2D eigenvalue weighted by Crippen LogP contribution is -2.52. The van der Waals surface area contributed by atoms with Gasteiger partial charge in [-0.25, -0.2) is 0 Å². The monoisotopic (exact) mass is 694 g/mol. The Morgan fingerprint density at radius 1 is 0.750 bits per heavy atom. The Labute approximate surface area is 309 Å². The molecule has 0 saturated heterocycles. The molecule has 8 aromatic rings. The number of hydrogen-bond acceptors (Lipinski definition) is 2. The summed E-state index contributed by atoms with van der Waals surface area (Å²) in [4.78, 5) is 0. The van der Waals surface area contributed by atoms with Gasteiger partial charge < -0.3 is 4.42 Å². The van der Waals surface area contributed by atoms with Gasteiger partial charge in [0.15, 0.2) is 30.1 Å². The summed E-state index contributed by atoms with van der Waals surface area (Å²) in [5.74, 6) is 0.0953. The average Bonchev–Trinajstić information content (AvgIpc) is 3.84. The van der Waals surface area contributed by atoms with Crippen LogP contribution in [0.15, 0.2) is 132 Å². The summed E-state index contributed by atoms with van der Waals surface area (Å²) in [6.45, 7) is 16.1. The standard InChI is InChI=1S/C48H42N2OS/c1-7-38-42(33-16-9-8-15-32(33)39-17-10-11-23-49(38)39)44-36-21-20-34-35-19-18-30-22-24-52-47(30)46(35)51-45(34)43(36)40-25-37(41-28(2)13-12-14-29(41)3)31(27-50(40)44)26-48(4,5)6/h7-25,27,38,42,44H,1,26H2,2-6H3/q+2. The van der Waals surface area contributed by atoms with Crippen LogP contribution < -0.4 is 9.13 Å². The number of allylic oxidation sites excluding steroid dienone is 1. The van der Waals surface area contributed by atoms with Crippen molar-refractivity contribution in [2.24, 2.45) is 5.41 Å². The molecule has 254 valence electrons. The topological polar surface area (TPSA) is 20.9 Å². The van der Waals surface area contributed by atoms with Crippen molar-refractivity contribution < 1.29 is 13.6 Å². The predicted molar refractivity (Wildman–Crippen MR) is 215 cm³/mol. The highest BCUT2D eigenvalue weighted by atomic mass is 32.1. The molecule has 0 aliphatic carbocycles. The van der Waals surface area contributed by atoms with E-state index >= 15 is 0 Å². The van der Waals surface area contributed by atoms with E-state index in [1.807, 2.05) is 0 Å². The molecule has 3 unspecified atom stereocenters. The van der Waals surface area contributed by atoms with E-state index < -0.39 is 0 Å². The first-order valence-electron chi connectivity index (χ1n) is 18.4.